The van der Waals surface area contributed by atoms with Crippen LogP contribution in [0.4, 0.5) is 0 Å². The average Bonchev–Trinajstić information content (AvgIpc) is 2.86. The molecule has 0 aliphatic heterocycles. The van der Waals surface area contributed by atoms with E-state index in [1.807, 2.05) is 0 Å². The lowest BCUT2D eigenvalue weighted by molar-refractivity contribution is 1.40. The zero-order valence-corrected chi connectivity index (χ0v) is 18.5. The van der Waals surface area contributed by atoms with E-state index in [9.17, 15) is 0 Å². The first-order valence-electron chi connectivity index (χ1n) is 11.1. The first kappa shape index (κ1) is 20.0. The van der Waals surface area contributed by atoms with E-state index in [-0.39, 0.29) is 0 Å². The Hall–Kier alpha value is -3.90. The van der Waals surface area contributed by atoms with Crippen LogP contribution in [0, 0.1) is 13.8 Å². The molecule has 0 bridgehead atoms. The van der Waals surface area contributed by atoms with E-state index in [1.54, 1.807) is 0 Å². The quantitative estimate of drug-likeness (QED) is 0.277. The molecule has 0 heteroatoms. The summed E-state index contributed by atoms with van der Waals surface area (Å²) in [4.78, 5) is 0. The van der Waals surface area contributed by atoms with Crippen molar-refractivity contribution in [2.75, 3.05) is 0 Å². The van der Waals surface area contributed by atoms with E-state index >= 15 is 0 Å². The second kappa shape index (κ2) is 8.69. The highest BCUT2D eigenvalue weighted by atomic mass is 14.2. The highest BCUT2D eigenvalue weighted by Gasteiger charge is 2.14. The fraction of sp³-hybridized carbons (Fsp3) is 0.0625. The van der Waals surface area contributed by atoms with Gasteiger partial charge in [0.25, 0.3) is 0 Å². The number of benzene rings is 5. The molecule has 154 valence electrons. The molecule has 0 saturated carbocycles. The van der Waals surface area contributed by atoms with Crippen LogP contribution in [0.15, 0.2) is 121 Å². The molecule has 5 rings (SSSR count). The second-order valence-corrected chi connectivity index (χ2v) is 8.32. The molecule has 0 radical (unpaired) electrons. The van der Waals surface area contributed by atoms with Gasteiger partial charge in [-0.2, -0.15) is 0 Å². The van der Waals surface area contributed by atoms with Gasteiger partial charge in [0.15, 0.2) is 0 Å². The summed E-state index contributed by atoms with van der Waals surface area (Å²) >= 11 is 0. The van der Waals surface area contributed by atoms with E-state index in [0.717, 1.165) is 0 Å². The lowest BCUT2D eigenvalue weighted by atomic mass is 9.86. The molecule has 0 unspecified atom stereocenters. The van der Waals surface area contributed by atoms with Gasteiger partial charge in [-0.1, -0.05) is 103 Å². The molecule has 0 fully saturated rings. The predicted molar refractivity (Wildman–Crippen MR) is 138 cm³/mol. The largest absolute Gasteiger partial charge is 0.0622 e. The molecule has 0 N–H and O–H groups in total. The van der Waals surface area contributed by atoms with Gasteiger partial charge < -0.3 is 0 Å². The lowest BCUT2D eigenvalue weighted by Gasteiger charge is -2.18. The average molecular weight is 411 g/mol. The second-order valence-electron chi connectivity index (χ2n) is 8.32. The molecule has 0 atom stereocenters. The Kier molecular flexibility index (Phi) is 5.44. The monoisotopic (exact) mass is 410 g/mol. The Morgan fingerprint density at radius 1 is 0.344 bits per heavy atom. The van der Waals surface area contributed by atoms with Crippen molar-refractivity contribution in [1.29, 1.82) is 0 Å². The molecular weight excluding hydrogens is 384 g/mol. The Morgan fingerprint density at radius 3 is 1.41 bits per heavy atom. The lowest BCUT2D eigenvalue weighted by Crippen LogP contribution is -1.94. The summed E-state index contributed by atoms with van der Waals surface area (Å²) in [5.41, 5.74) is 12.7. The first-order chi connectivity index (χ1) is 15.7. The summed E-state index contributed by atoms with van der Waals surface area (Å²) in [7, 11) is 0. The highest BCUT2D eigenvalue weighted by Crippen LogP contribution is 2.39. The van der Waals surface area contributed by atoms with E-state index < -0.39 is 0 Å². The molecule has 0 aromatic heterocycles. The molecule has 5 aromatic rings. The summed E-state index contributed by atoms with van der Waals surface area (Å²) in [6, 6.07) is 43.5. The van der Waals surface area contributed by atoms with Crippen LogP contribution in [-0.4, -0.2) is 0 Å². The molecule has 0 aliphatic carbocycles. The van der Waals surface area contributed by atoms with Crippen LogP contribution in [0.1, 0.15) is 11.1 Å². The molecule has 0 amide bonds. The maximum Gasteiger partial charge on any atom is -0.0139 e. The van der Waals surface area contributed by atoms with Crippen molar-refractivity contribution in [3.8, 4) is 44.5 Å². The third-order valence-electron chi connectivity index (χ3n) is 6.23. The zero-order valence-electron chi connectivity index (χ0n) is 18.5. The van der Waals surface area contributed by atoms with Gasteiger partial charge in [0.1, 0.15) is 0 Å². The minimum atomic E-state index is 1.24. The Bertz CT molecular complexity index is 1350. The summed E-state index contributed by atoms with van der Waals surface area (Å²) in [6.07, 6.45) is 0. The van der Waals surface area contributed by atoms with Crippen molar-refractivity contribution in [2.24, 2.45) is 0 Å². The maximum absolute atomic E-state index is 2.36. The number of hydrogen-bond acceptors (Lipinski definition) is 0. The molecule has 0 spiro atoms. The zero-order chi connectivity index (χ0) is 21.9. The fourth-order valence-corrected chi connectivity index (χ4v) is 4.43. The summed E-state index contributed by atoms with van der Waals surface area (Å²) in [5, 5.41) is 0. The van der Waals surface area contributed by atoms with Crippen molar-refractivity contribution >= 4 is 0 Å². The third kappa shape index (κ3) is 3.88. The van der Waals surface area contributed by atoms with Crippen LogP contribution in [-0.2, 0) is 0 Å². The molecule has 0 nitrogen and oxygen atoms in total. The van der Waals surface area contributed by atoms with Gasteiger partial charge >= 0.3 is 0 Å². The Balaban J connectivity index is 1.76. The Morgan fingerprint density at radius 2 is 0.812 bits per heavy atom. The number of hydrogen-bond donors (Lipinski definition) is 0. The van der Waals surface area contributed by atoms with Gasteiger partial charge in [-0.25, -0.2) is 0 Å². The van der Waals surface area contributed by atoms with Crippen LogP contribution >= 0.6 is 0 Å². The van der Waals surface area contributed by atoms with E-state index in [1.165, 1.54) is 55.6 Å². The molecule has 0 aliphatic rings. The smallest absolute Gasteiger partial charge is 0.0139 e. The highest BCUT2D eigenvalue weighted by molar-refractivity contribution is 5.87. The SMILES string of the molecule is Cc1ccc(-c2ccccc2)cc1-c1cc(-c2ccccc2)cc(-c2ccccc2)c1C. The number of aryl methyl sites for hydroxylation is 1. The van der Waals surface area contributed by atoms with Crippen LogP contribution < -0.4 is 0 Å². The topological polar surface area (TPSA) is 0 Å². The van der Waals surface area contributed by atoms with Crippen LogP contribution in [0.5, 0.6) is 0 Å². The normalized spacial score (nSPS) is 10.8. The molecule has 0 heterocycles. The van der Waals surface area contributed by atoms with Gasteiger partial charge in [-0.05, 0) is 87.7 Å². The van der Waals surface area contributed by atoms with Gasteiger partial charge in [-0.3, -0.25) is 0 Å². The van der Waals surface area contributed by atoms with Crippen LogP contribution in [0.3, 0.4) is 0 Å². The van der Waals surface area contributed by atoms with Gasteiger partial charge in [0.2, 0.25) is 0 Å². The van der Waals surface area contributed by atoms with Gasteiger partial charge in [0.05, 0.1) is 0 Å². The minimum absolute atomic E-state index is 1.24. The van der Waals surface area contributed by atoms with Crippen molar-refractivity contribution in [2.45, 2.75) is 13.8 Å². The molecule has 0 saturated heterocycles. The first-order valence-corrected chi connectivity index (χ1v) is 11.1. The Labute approximate surface area is 190 Å². The van der Waals surface area contributed by atoms with Gasteiger partial charge in [0, 0.05) is 0 Å². The van der Waals surface area contributed by atoms with E-state index in [4.69, 9.17) is 0 Å². The van der Waals surface area contributed by atoms with Crippen LogP contribution in [0.25, 0.3) is 44.5 Å². The standard InChI is InChI=1S/C32H26/c1-23-18-19-28(25-12-6-3-7-13-25)20-30(23)32-22-29(26-14-8-4-9-15-26)21-31(24(32)2)27-16-10-5-11-17-27/h3-22H,1-2H3. The minimum Gasteiger partial charge on any atom is -0.0622 e. The number of rotatable bonds is 4. The van der Waals surface area contributed by atoms with Crippen molar-refractivity contribution < 1.29 is 0 Å². The van der Waals surface area contributed by atoms with Crippen molar-refractivity contribution in [3.63, 3.8) is 0 Å². The summed E-state index contributed by atoms with van der Waals surface area (Å²) in [5.74, 6) is 0. The predicted octanol–water partition coefficient (Wildman–Crippen LogP) is 8.97. The third-order valence-corrected chi connectivity index (χ3v) is 6.23. The summed E-state index contributed by atoms with van der Waals surface area (Å²) < 4.78 is 0. The summed E-state index contributed by atoms with van der Waals surface area (Å²) in [6.45, 7) is 4.46. The van der Waals surface area contributed by atoms with Gasteiger partial charge in [-0.15, -0.1) is 0 Å². The maximum atomic E-state index is 2.36. The van der Waals surface area contributed by atoms with Crippen LogP contribution in [0.2, 0.25) is 0 Å². The van der Waals surface area contributed by atoms with Crippen molar-refractivity contribution in [3.05, 3.63) is 132 Å². The van der Waals surface area contributed by atoms with E-state index in [0.29, 0.717) is 0 Å². The fourth-order valence-electron chi connectivity index (χ4n) is 4.43. The molecular formula is C32H26. The van der Waals surface area contributed by atoms with Crippen molar-refractivity contribution in [1.82, 2.24) is 0 Å². The van der Waals surface area contributed by atoms with E-state index in [2.05, 4.69) is 135 Å². The molecule has 5 aromatic carbocycles. The molecule has 32 heavy (non-hydrogen) atoms.